The molecule has 0 N–H and O–H groups in total. The monoisotopic (exact) mass is 234 g/mol. The smallest absolute Gasteiger partial charge is 0.100 e. The van der Waals surface area contributed by atoms with Gasteiger partial charge in [-0.3, -0.25) is 0 Å². The average Bonchev–Trinajstić information content (AvgIpc) is 2.18. The van der Waals surface area contributed by atoms with Gasteiger partial charge in [0.05, 0.1) is 11.5 Å². The second-order valence-electron chi connectivity index (χ2n) is 4.62. The lowest BCUT2D eigenvalue weighted by atomic mass is 9.91. The van der Waals surface area contributed by atoms with Gasteiger partial charge in [-0.25, -0.2) is 0 Å². The molecule has 0 amide bonds. The Balaban J connectivity index is 2.06. The molecule has 3 atom stereocenters. The maximum Gasteiger partial charge on any atom is 0.100 e. The Morgan fingerprint density at radius 3 is 2.60 bits per heavy atom. The van der Waals surface area contributed by atoms with Crippen molar-refractivity contribution in [3.8, 4) is 0 Å². The highest BCUT2D eigenvalue weighted by Gasteiger charge is 2.41. The summed E-state index contributed by atoms with van der Waals surface area (Å²) >= 11 is 6.05. The molecular formula is C12H23ClO2. The van der Waals surface area contributed by atoms with Crippen molar-refractivity contribution >= 4 is 11.6 Å². The Morgan fingerprint density at radius 2 is 2.07 bits per heavy atom. The number of ether oxygens (including phenoxy) is 2. The Morgan fingerprint density at radius 1 is 1.33 bits per heavy atom. The van der Waals surface area contributed by atoms with Crippen LogP contribution >= 0.6 is 11.6 Å². The molecule has 0 saturated heterocycles. The third-order valence-electron chi connectivity index (χ3n) is 2.80. The van der Waals surface area contributed by atoms with Crippen LogP contribution in [0.5, 0.6) is 0 Å². The lowest BCUT2D eigenvalue weighted by Crippen LogP contribution is -2.51. The number of halogens is 1. The van der Waals surface area contributed by atoms with Crippen LogP contribution in [-0.4, -0.2) is 30.8 Å². The molecule has 0 radical (unpaired) electrons. The van der Waals surface area contributed by atoms with Gasteiger partial charge in [-0.05, 0) is 32.1 Å². The van der Waals surface area contributed by atoms with Gasteiger partial charge in [-0.2, -0.15) is 0 Å². The first kappa shape index (κ1) is 13.3. The Hall–Kier alpha value is 0.210. The molecule has 1 fully saturated rings. The summed E-state index contributed by atoms with van der Waals surface area (Å²) in [5.41, 5.74) is 0. The van der Waals surface area contributed by atoms with Crippen molar-refractivity contribution in [1.82, 2.24) is 0 Å². The minimum atomic E-state index is 0.121. The zero-order chi connectivity index (χ0) is 11.3. The summed E-state index contributed by atoms with van der Waals surface area (Å²) in [5, 5.41) is 0.153. The van der Waals surface area contributed by atoms with E-state index in [-0.39, 0.29) is 17.6 Å². The molecule has 0 aromatic rings. The van der Waals surface area contributed by atoms with E-state index in [1.54, 1.807) is 0 Å². The summed E-state index contributed by atoms with van der Waals surface area (Å²) in [6.45, 7) is 8.04. The van der Waals surface area contributed by atoms with Crippen molar-refractivity contribution < 1.29 is 9.47 Å². The molecule has 0 bridgehead atoms. The van der Waals surface area contributed by atoms with Gasteiger partial charge in [-0.1, -0.05) is 13.8 Å². The molecule has 0 aromatic heterocycles. The summed E-state index contributed by atoms with van der Waals surface area (Å²) in [6.07, 6.45) is 3.67. The second-order valence-corrected chi connectivity index (χ2v) is 5.18. The van der Waals surface area contributed by atoms with Gasteiger partial charge in [0.25, 0.3) is 0 Å². The van der Waals surface area contributed by atoms with E-state index in [0.717, 1.165) is 32.0 Å². The molecule has 1 aliphatic carbocycles. The van der Waals surface area contributed by atoms with E-state index in [2.05, 4.69) is 13.8 Å². The standard InChI is InChI=1S/C12H23ClO2/c1-4-14-12-10(13)8-11(12)15-7-5-6-9(2)3/h9-12H,4-8H2,1-3H3. The molecule has 0 aromatic carbocycles. The highest BCUT2D eigenvalue weighted by atomic mass is 35.5. The molecule has 0 aliphatic heterocycles. The van der Waals surface area contributed by atoms with Crippen LogP contribution in [0.4, 0.5) is 0 Å². The van der Waals surface area contributed by atoms with E-state index in [1.165, 1.54) is 6.42 Å². The van der Waals surface area contributed by atoms with Crippen molar-refractivity contribution in [3.63, 3.8) is 0 Å². The van der Waals surface area contributed by atoms with Gasteiger partial charge in [0.1, 0.15) is 6.10 Å². The summed E-state index contributed by atoms with van der Waals surface area (Å²) < 4.78 is 11.3. The molecule has 0 spiro atoms. The van der Waals surface area contributed by atoms with Crippen LogP contribution in [0, 0.1) is 5.92 Å². The van der Waals surface area contributed by atoms with E-state index in [9.17, 15) is 0 Å². The van der Waals surface area contributed by atoms with Gasteiger partial charge in [0.15, 0.2) is 0 Å². The number of hydrogen-bond donors (Lipinski definition) is 0. The van der Waals surface area contributed by atoms with E-state index < -0.39 is 0 Å². The highest BCUT2D eigenvalue weighted by Crippen LogP contribution is 2.31. The minimum Gasteiger partial charge on any atom is -0.375 e. The van der Waals surface area contributed by atoms with Gasteiger partial charge >= 0.3 is 0 Å². The first-order valence-electron chi connectivity index (χ1n) is 6.02. The summed E-state index contributed by atoms with van der Waals surface area (Å²) in [5.74, 6) is 0.762. The maximum atomic E-state index is 6.05. The summed E-state index contributed by atoms with van der Waals surface area (Å²) in [7, 11) is 0. The first-order chi connectivity index (χ1) is 7.15. The van der Waals surface area contributed by atoms with E-state index in [1.807, 2.05) is 6.92 Å². The fourth-order valence-corrected chi connectivity index (χ4v) is 2.23. The van der Waals surface area contributed by atoms with Gasteiger partial charge in [0.2, 0.25) is 0 Å². The van der Waals surface area contributed by atoms with Crippen LogP contribution in [0.15, 0.2) is 0 Å². The van der Waals surface area contributed by atoms with Crippen molar-refractivity contribution in [2.45, 2.75) is 57.6 Å². The van der Waals surface area contributed by atoms with Crippen LogP contribution in [-0.2, 0) is 9.47 Å². The van der Waals surface area contributed by atoms with Crippen molar-refractivity contribution in [2.24, 2.45) is 5.92 Å². The molecule has 1 aliphatic rings. The molecule has 3 unspecified atom stereocenters. The van der Waals surface area contributed by atoms with Crippen LogP contribution < -0.4 is 0 Å². The molecule has 15 heavy (non-hydrogen) atoms. The summed E-state index contributed by atoms with van der Waals surface area (Å²) in [4.78, 5) is 0. The molecule has 3 heteroatoms. The zero-order valence-electron chi connectivity index (χ0n) is 10.0. The van der Waals surface area contributed by atoms with Crippen LogP contribution in [0.1, 0.15) is 40.0 Å². The number of rotatable bonds is 7. The third kappa shape index (κ3) is 4.29. The molecule has 1 rings (SSSR count). The normalized spacial score (nSPS) is 30.6. The van der Waals surface area contributed by atoms with Crippen LogP contribution in [0.25, 0.3) is 0 Å². The lowest BCUT2D eigenvalue weighted by molar-refractivity contribution is -0.122. The predicted molar refractivity (Wildman–Crippen MR) is 63.5 cm³/mol. The Kier molecular flexibility index (Phi) is 5.95. The minimum absolute atomic E-state index is 0.121. The topological polar surface area (TPSA) is 18.5 Å². The second kappa shape index (κ2) is 6.72. The van der Waals surface area contributed by atoms with E-state index in [0.29, 0.717) is 0 Å². The molecular weight excluding hydrogens is 212 g/mol. The Labute approximate surface area is 98.3 Å². The van der Waals surface area contributed by atoms with E-state index in [4.69, 9.17) is 21.1 Å². The molecule has 90 valence electrons. The number of hydrogen-bond acceptors (Lipinski definition) is 2. The first-order valence-corrected chi connectivity index (χ1v) is 6.46. The van der Waals surface area contributed by atoms with Gasteiger partial charge in [-0.15, -0.1) is 11.6 Å². The van der Waals surface area contributed by atoms with Gasteiger partial charge in [0, 0.05) is 13.2 Å². The van der Waals surface area contributed by atoms with Crippen LogP contribution in [0.3, 0.4) is 0 Å². The lowest BCUT2D eigenvalue weighted by Gasteiger charge is -2.40. The summed E-state index contributed by atoms with van der Waals surface area (Å²) in [6, 6.07) is 0. The third-order valence-corrected chi connectivity index (χ3v) is 3.22. The van der Waals surface area contributed by atoms with Crippen LogP contribution in [0.2, 0.25) is 0 Å². The largest absolute Gasteiger partial charge is 0.375 e. The van der Waals surface area contributed by atoms with Gasteiger partial charge < -0.3 is 9.47 Å². The average molecular weight is 235 g/mol. The maximum absolute atomic E-state index is 6.05. The number of alkyl halides is 1. The predicted octanol–water partition coefficient (Wildman–Crippen LogP) is 3.22. The quantitative estimate of drug-likeness (QED) is 0.498. The zero-order valence-corrected chi connectivity index (χ0v) is 10.8. The van der Waals surface area contributed by atoms with E-state index >= 15 is 0 Å². The van der Waals surface area contributed by atoms with Crippen molar-refractivity contribution in [1.29, 1.82) is 0 Å². The van der Waals surface area contributed by atoms with Crippen molar-refractivity contribution in [3.05, 3.63) is 0 Å². The SMILES string of the molecule is CCOC1C(Cl)CC1OCCCC(C)C. The fraction of sp³-hybridized carbons (Fsp3) is 1.00. The molecule has 2 nitrogen and oxygen atoms in total. The molecule has 1 saturated carbocycles. The highest BCUT2D eigenvalue weighted by molar-refractivity contribution is 6.21. The Bertz CT molecular complexity index is 173. The molecule has 0 heterocycles. The fourth-order valence-electron chi connectivity index (χ4n) is 1.82. The van der Waals surface area contributed by atoms with Crippen molar-refractivity contribution in [2.75, 3.05) is 13.2 Å².